The van der Waals surface area contributed by atoms with Crippen LogP contribution in [0.1, 0.15) is 433 Å². The van der Waals surface area contributed by atoms with Crippen LogP contribution in [0.25, 0.3) is 0 Å². The number of aliphatic hydroxyl groups excluding tert-OH is 1. The third-order valence-corrected chi connectivity index (χ3v) is 21.5. The molecule has 3 N–H and O–H groups in total. The van der Waals surface area contributed by atoms with Crippen molar-refractivity contribution in [2.75, 3.05) is 39.6 Å². The number of hydrogen-bond acceptors (Lipinski definition) is 15. The molecular weight excluding hydrogens is 1320 g/mol. The first-order valence-electron chi connectivity index (χ1n) is 42.5. The fourth-order valence-corrected chi connectivity index (χ4v) is 14.3. The van der Waals surface area contributed by atoms with Gasteiger partial charge in [0.15, 0.2) is 12.2 Å². The Morgan fingerprint density at radius 1 is 0.287 bits per heavy atom. The van der Waals surface area contributed by atoms with Gasteiger partial charge < -0.3 is 33.8 Å². The molecule has 3 unspecified atom stereocenters. The van der Waals surface area contributed by atoms with Crippen molar-refractivity contribution in [3.63, 3.8) is 0 Å². The topological polar surface area (TPSA) is 237 Å². The predicted octanol–water partition coefficient (Wildman–Crippen LogP) is 24.7. The summed E-state index contributed by atoms with van der Waals surface area (Å²) in [7, 11) is -9.92. The Hall–Kier alpha value is -1.94. The van der Waals surface area contributed by atoms with Gasteiger partial charge in [-0.25, -0.2) is 9.13 Å². The van der Waals surface area contributed by atoms with Crippen LogP contribution in [-0.2, 0) is 65.4 Å². The molecular formula is C82H160O17P2. The smallest absolute Gasteiger partial charge is 0.462 e. The second-order valence-corrected chi connectivity index (χ2v) is 33.1. The molecule has 0 fully saturated rings. The van der Waals surface area contributed by atoms with Gasteiger partial charge in [-0.1, -0.05) is 382 Å². The van der Waals surface area contributed by atoms with Gasteiger partial charge in [0, 0.05) is 25.7 Å². The zero-order valence-electron chi connectivity index (χ0n) is 66.2. The van der Waals surface area contributed by atoms with Crippen LogP contribution in [0.2, 0.25) is 0 Å². The molecule has 600 valence electrons. The van der Waals surface area contributed by atoms with Crippen molar-refractivity contribution >= 4 is 39.5 Å². The molecule has 0 aromatic rings. The van der Waals surface area contributed by atoms with Crippen LogP contribution in [0.15, 0.2) is 0 Å². The summed E-state index contributed by atoms with van der Waals surface area (Å²) in [5, 5.41) is 10.6. The van der Waals surface area contributed by atoms with Gasteiger partial charge in [-0.15, -0.1) is 0 Å². The highest BCUT2D eigenvalue weighted by molar-refractivity contribution is 7.47. The second kappa shape index (κ2) is 73.6. The van der Waals surface area contributed by atoms with Gasteiger partial charge in [0.1, 0.15) is 19.3 Å². The van der Waals surface area contributed by atoms with Crippen molar-refractivity contribution in [3.05, 3.63) is 0 Å². The fourth-order valence-electron chi connectivity index (χ4n) is 12.7. The average molecular weight is 1480 g/mol. The van der Waals surface area contributed by atoms with Crippen LogP contribution >= 0.6 is 15.6 Å². The lowest BCUT2D eigenvalue weighted by molar-refractivity contribution is -0.161. The van der Waals surface area contributed by atoms with Crippen molar-refractivity contribution in [2.45, 2.75) is 452 Å². The van der Waals surface area contributed by atoms with Crippen LogP contribution in [0.4, 0.5) is 0 Å². The van der Waals surface area contributed by atoms with Crippen molar-refractivity contribution in [1.82, 2.24) is 0 Å². The Balaban J connectivity index is 5.22. The molecule has 0 amide bonds. The summed E-state index contributed by atoms with van der Waals surface area (Å²) in [6, 6.07) is 0. The van der Waals surface area contributed by atoms with Crippen LogP contribution < -0.4 is 0 Å². The Kier molecular flexibility index (Phi) is 72.2. The zero-order valence-corrected chi connectivity index (χ0v) is 68.0. The van der Waals surface area contributed by atoms with E-state index < -0.39 is 97.5 Å². The minimum atomic E-state index is -4.96. The normalized spacial score (nSPS) is 14.2. The van der Waals surface area contributed by atoms with Gasteiger partial charge in [-0.05, 0) is 37.5 Å². The van der Waals surface area contributed by atoms with Crippen LogP contribution in [0.3, 0.4) is 0 Å². The third kappa shape index (κ3) is 74.7. The highest BCUT2D eigenvalue weighted by Crippen LogP contribution is 2.45. The van der Waals surface area contributed by atoms with Crippen LogP contribution in [-0.4, -0.2) is 96.7 Å². The van der Waals surface area contributed by atoms with E-state index in [-0.39, 0.29) is 25.7 Å². The summed E-state index contributed by atoms with van der Waals surface area (Å²) in [4.78, 5) is 73.0. The van der Waals surface area contributed by atoms with Crippen LogP contribution in [0.5, 0.6) is 0 Å². The van der Waals surface area contributed by atoms with E-state index >= 15 is 0 Å². The average Bonchev–Trinajstić information content (AvgIpc) is 0.945. The molecule has 0 saturated heterocycles. The van der Waals surface area contributed by atoms with E-state index in [1.54, 1.807) is 0 Å². The zero-order chi connectivity index (χ0) is 74.2. The van der Waals surface area contributed by atoms with Gasteiger partial charge in [0.05, 0.1) is 26.4 Å². The molecule has 0 aliphatic rings. The number of carbonyl (C=O) groups is 4. The van der Waals surface area contributed by atoms with Crippen molar-refractivity contribution in [3.8, 4) is 0 Å². The summed E-state index contributed by atoms with van der Waals surface area (Å²) in [6.07, 6.45) is 63.9. The van der Waals surface area contributed by atoms with Gasteiger partial charge in [0.2, 0.25) is 0 Å². The number of aliphatic hydroxyl groups is 1. The maximum Gasteiger partial charge on any atom is 0.472 e. The molecule has 0 rings (SSSR count). The first kappa shape index (κ1) is 99.1. The van der Waals surface area contributed by atoms with Crippen molar-refractivity contribution in [2.24, 2.45) is 11.8 Å². The van der Waals surface area contributed by atoms with Crippen molar-refractivity contribution < 1.29 is 80.2 Å². The minimum Gasteiger partial charge on any atom is -0.462 e. The van der Waals surface area contributed by atoms with E-state index in [0.717, 1.165) is 102 Å². The van der Waals surface area contributed by atoms with Gasteiger partial charge in [-0.3, -0.25) is 37.3 Å². The largest absolute Gasteiger partial charge is 0.472 e. The molecule has 0 radical (unpaired) electrons. The lowest BCUT2D eigenvalue weighted by Crippen LogP contribution is -2.30. The number of carbonyl (C=O) groups excluding carboxylic acids is 4. The SMILES string of the molecule is CCCCCCCCCCCCCCCCCCCCCCCCC(=O)O[C@H](COC(=O)CCCCCCCCCCCCCCCCC)COP(=O)(O)OC[C@@H](O)COP(=O)(O)OC[C@@H](COC(=O)CCCCCCCCCCC(C)CC)OC(=O)CCCCCCCCCCCC(C)C. The molecule has 6 atom stereocenters. The summed E-state index contributed by atoms with van der Waals surface area (Å²) in [5.41, 5.74) is 0. The number of rotatable bonds is 81. The number of hydrogen-bond donors (Lipinski definition) is 3. The molecule has 0 aromatic heterocycles. The molecule has 0 aliphatic heterocycles. The Labute approximate surface area is 619 Å². The first-order valence-corrected chi connectivity index (χ1v) is 45.5. The summed E-state index contributed by atoms with van der Waals surface area (Å²) >= 11 is 0. The standard InChI is InChI=1S/C82H160O17P2/c1-7-10-12-14-16-18-20-22-24-25-26-27-28-29-30-32-34-36-40-48-54-60-66-81(86)98-77(70-92-79(84)64-58-52-46-39-35-33-31-23-21-19-17-15-13-11-8-2)72-96-100(88,89)94-68-76(83)69-95-101(90,91)97-73-78(99-82(87)67-61-55-49-41-37-38-44-50-56-62-74(4)5)71-93-80(85)65-59-53-47-43-42-45-51-57-63-75(6)9-3/h74-78,83H,7-73H2,1-6H3,(H,88,89)(H,90,91)/t75?,76-,77-,78-/m1/s1. The maximum absolute atomic E-state index is 13.1. The number of esters is 4. The lowest BCUT2D eigenvalue weighted by Gasteiger charge is -2.21. The first-order chi connectivity index (χ1) is 48.9. The monoisotopic (exact) mass is 1480 g/mol. The van der Waals surface area contributed by atoms with Crippen molar-refractivity contribution in [1.29, 1.82) is 0 Å². The molecule has 0 aromatic carbocycles. The van der Waals surface area contributed by atoms with E-state index in [1.165, 1.54) is 250 Å². The Bertz CT molecular complexity index is 1940. The number of phosphoric acid groups is 2. The second-order valence-electron chi connectivity index (χ2n) is 30.2. The summed E-state index contributed by atoms with van der Waals surface area (Å²) in [5.74, 6) is -0.595. The molecule has 0 bridgehead atoms. The maximum atomic E-state index is 13.1. The van der Waals surface area contributed by atoms with Gasteiger partial charge >= 0.3 is 39.5 Å². The summed E-state index contributed by atoms with van der Waals surface area (Å²) in [6.45, 7) is 9.61. The molecule has 101 heavy (non-hydrogen) atoms. The van der Waals surface area contributed by atoms with E-state index in [0.29, 0.717) is 25.7 Å². The minimum absolute atomic E-state index is 0.105. The third-order valence-electron chi connectivity index (χ3n) is 19.6. The highest BCUT2D eigenvalue weighted by Gasteiger charge is 2.30. The Morgan fingerprint density at radius 3 is 0.752 bits per heavy atom. The van der Waals surface area contributed by atoms with E-state index in [4.69, 9.17) is 37.0 Å². The molecule has 0 spiro atoms. The van der Waals surface area contributed by atoms with E-state index in [2.05, 4.69) is 41.5 Å². The Morgan fingerprint density at radius 2 is 0.505 bits per heavy atom. The fraction of sp³-hybridized carbons (Fsp3) is 0.951. The lowest BCUT2D eigenvalue weighted by atomic mass is 9.99. The highest BCUT2D eigenvalue weighted by atomic mass is 31.2. The molecule has 0 aliphatic carbocycles. The molecule has 17 nitrogen and oxygen atoms in total. The quantitative estimate of drug-likeness (QED) is 0.0222. The summed E-state index contributed by atoms with van der Waals surface area (Å²) < 4.78 is 68.7. The molecule has 0 saturated carbocycles. The van der Waals surface area contributed by atoms with E-state index in [9.17, 15) is 43.2 Å². The molecule has 19 heteroatoms. The molecule has 0 heterocycles. The van der Waals surface area contributed by atoms with Gasteiger partial charge in [-0.2, -0.15) is 0 Å². The van der Waals surface area contributed by atoms with E-state index in [1.807, 2.05) is 0 Å². The number of phosphoric ester groups is 2. The number of unbranched alkanes of at least 4 members (excludes halogenated alkanes) is 50. The van der Waals surface area contributed by atoms with Gasteiger partial charge in [0.25, 0.3) is 0 Å². The number of ether oxygens (including phenoxy) is 4. The van der Waals surface area contributed by atoms with Crippen LogP contribution in [0, 0.1) is 11.8 Å². The predicted molar refractivity (Wildman–Crippen MR) is 414 cm³/mol.